The number of urea groups is 1. The van der Waals surface area contributed by atoms with Gasteiger partial charge in [0, 0.05) is 66.5 Å². The van der Waals surface area contributed by atoms with Crippen LogP contribution in [0.3, 0.4) is 0 Å². The third-order valence-electron chi connectivity index (χ3n) is 19.8. The van der Waals surface area contributed by atoms with Crippen molar-refractivity contribution < 1.29 is 41.4 Å². The molecular formula is C65H65F4N13O5. The van der Waals surface area contributed by atoms with E-state index in [1.807, 2.05) is 12.1 Å². The number of fused-ring (bicyclic) bond motifs is 6. The number of rotatable bonds is 11. The zero-order valence-electron chi connectivity index (χ0n) is 48.1. The maximum Gasteiger partial charge on any atom is 0.321 e. The third kappa shape index (κ3) is 9.64. The van der Waals surface area contributed by atoms with Crippen LogP contribution in [0.25, 0.3) is 65.9 Å². The van der Waals surface area contributed by atoms with Crippen molar-refractivity contribution >= 4 is 72.8 Å². The Morgan fingerprint density at radius 1 is 0.586 bits per heavy atom. The number of carbonyl (C=O) groups is 3. The SMILES string of the molecule is O=C1CN(c2nc(OCC34CCCN3CCC4)nc3c(F)c(-c4cccc5c(C6CCC7(COc8nc(N9CCCCC%10(CC(=O)N%10)C9)c9cnc(-c%10cccc%11cccc(F)c%10%11)c(F)c9n8)CCCN67)ccc(F)c45)ncc23)CCCCNC(=O)N1. The van der Waals surface area contributed by atoms with Gasteiger partial charge in [0.2, 0.25) is 11.8 Å². The second-order valence-corrected chi connectivity index (χ2v) is 24.9. The molecule has 0 aliphatic carbocycles. The standard InChI is InChI=1S/C65H65F4N13O5/c66-45-16-6-12-38-11-5-14-41(50(38)45)54-52(68)57-44(33-71-54)59(80-27-3-1-20-63(35-80)31-48(83)78-63)77-62(75-57)87-37-65-23-10-30-82(65)47(19-24-65)39-17-18-46(67)51-40(39)13-7-15-42(51)55-53(69)56-43(32-72-55)58(79-26-4-2-25-70-60(85)73-49(84)34-79)76-61(74-56)86-36-64-21-8-28-81(64)29-9-22-64/h5-7,11-18,32-33,47H,1-4,8-10,19-31,34-37H2,(H,78,83)(H2,70,73,84,85). The Kier molecular flexibility index (Phi) is 13.8. The fraction of sp³-hybridized carbons (Fsp3) is 0.431. The number of aromatic nitrogens is 6. The lowest BCUT2D eigenvalue weighted by Gasteiger charge is -2.44. The van der Waals surface area contributed by atoms with E-state index in [4.69, 9.17) is 34.4 Å². The Balaban J connectivity index is 0.767. The second-order valence-electron chi connectivity index (χ2n) is 24.9. The molecule has 0 bridgehead atoms. The molecule has 18 nitrogen and oxygen atoms in total. The van der Waals surface area contributed by atoms with E-state index >= 15 is 17.6 Å². The van der Waals surface area contributed by atoms with E-state index < -0.39 is 46.3 Å². The Labute approximate surface area is 498 Å². The van der Waals surface area contributed by atoms with Crippen molar-refractivity contribution in [3.05, 3.63) is 108 Å². The van der Waals surface area contributed by atoms with E-state index in [1.54, 1.807) is 53.6 Å². The smallest absolute Gasteiger partial charge is 0.321 e. The van der Waals surface area contributed by atoms with Crippen LogP contribution in [0.2, 0.25) is 0 Å². The number of amides is 4. The molecule has 7 fully saturated rings. The zero-order chi connectivity index (χ0) is 59.2. The van der Waals surface area contributed by atoms with Gasteiger partial charge in [-0.15, -0.1) is 0 Å². The molecule has 3 N–H and O–H groups in total. The number of anilines is 2. The van der Waals surface area contributed by atoms with Crippen molar-refractivity contribution in [3.63, 3.8) is 0 Å². The third-order valence-corrected chi connectivity index (χ3v) is 19.8. The Bertz CT molecular complexity index is 4120. The Morgan fingerprint density at radius 2 is 1.21 bits per heavy atom. The largest absolute Gasteiger partial charge is 0.461 e. The van der Waals surface area contributed by atoms with Crippen LogP contribution in [-0.2, 0) is 9.59 Å². The lowest BCUT2D eigenvalue weighted by atomic mass is 9.83. The minimum Gasteiger partial charge on any atom is -0.461 e. The molecule has 3 atom stereocenters. The second kappa shape index (κ2) is 21.8. The topological polar surface area (TPSA) is 196 Å². The molecule has 8 aromatic rings. The van der Waals surface area contributed by atoms with Crippen molar-refractivity contribution in [2.45, 2.75) is 113 Å². The van der Waals surface area contributed by atoms with E-state index in [-0.39, 0.29) is 98.2 Å². The van der Waals surface area contributed by atoms with E-state index in [0.29, 0.717) is 93.4 Å². The number of β-lactam (4-membered cyclic amide) rings is 1. The average Bonchev–Trinajstić information content (AvgIpc) is 1.85. The van der Waals surface area contributed by atoms with Gasteiger partial charge >= 0.3 is 18.1 Å². The summed E-state index contributed by atoms with van der Waals surface area (Å²) in [7, 11) is 0. The number of halogens is 4. The number of nitrogens with zero attached hydrogens (tertiary/aromatic N) is 10. The van der Waals surface area contributed by atoms with Crippen LogP contribution in [0.4, 0.5) is 34.0 Å². The fourth-order valence-corrected chi connectivity index (χ4v) is 15.7. The molecular weight excluding hydrogens is 1120 g/mol. The predicted molar refractivity (Wildman–Crippen MR) is 319 cm³/mol. The monoisotopic (exact) mass is 1180 g/mol. The van der Waals surface area contributed by atoms with E-state index in [9.17, 15) is 14.4 Å². The molecule has 7 aliphatic rings. The van der Waals surface area contributed by atoms with Crippen LogP contribution in [-0.4, -0.2) is 140 Å². The summed E-state index contributed by atoms with van der Waals surface area (Å²) in [6.45, 7) is 4.62. The number of ether oxygens (including phenoxy) is 2. The molecule has 3 unspecified atom stereocenters. The van der Waals surface area contributed by atoms with Gasteiger partial charge in [0.25, 0.3) is 0 Å². The van der Waals surface area contributed by atoms with Crippen LogP contribution in [0.15, 0.2) is 79.1 Å². The zero-order valence-corrected chi connectivity index (χ0v) is 48.1. The Hall–Kier alpha value is -8.37. The number of hydrogen-bond acceptors (Lipinski definition) is 15. The highest BCUT2D eigenvalue weighted by Gasteiger charge is 2.51. The number of carbonyl (C=O) groups excluding carboxylic acids is 3. The van der Waals surface area contributed by atoms with Gasteiger partial charge in [0.1, 0.15) is 58.9 Å². The van der Waals surface area contributed by atoms with Crippen molar-refractivity contribution in [2.75, 3.05) is 75.4 Å². The van der Waals surface area contributed by atoms with Crippen LogP contribution in [0, 0.1) is 23.3 Å². The maximum atomic E-state index is 17.9. The summed E-state index contributed by atoms with van der Waals surface area (Å²) in [5.74, 6) is -2.52. The first-order chi connectivity index (χ1) is 42.4. The van der Waals surface area contributed by atoms with E-state index in [1.165, 1.54) is 18.3 Å². The van der Waals surface area contributed by atoms with Gasteiger partial charge in [-0.2, -0.15) is 19.9 Å². The first-order valence-corrected chi connectivity index (χ1v) is 30.6. The normalized spacial score (nSPS) is 23.4. The van der Waals surface area contributed by atoms with E-state index in [2.05, 4.69) is 35.6 Å². The fourth-order valence-electron chi connectivity index (χ4n) is 15.7. The van der Waals surface area contributed by atoms with Gasteiger partial charge < -0.3 is 29.9 Å². The summed E-state index contributed by atoms with van der Waals surface area (Å²) in [5, 5.41) is 10.4. The van der Waals surface area contributed by atoms with Gasteiger partial charge in [-0.25, -0.2) is 22.4 Å². The quantitative estimate of drug-likeness (QED) is 0.0817. The summed E-state index contributed by atoms with van der Waals surface area (Å²) in [6, 6.07) is 17.6. The van der Waals surface area contributed by atoms with E-state index in [0.717, 1.165) is 76.4 Å². The molecule has 22 heteroatoms. The molecule has 15 rings (SSSR count). The minimum atomic E-state index is -0.805. The molecule has 0 radical (unpaired) electrons. The highest BCUT2D eigenvalue weighted by Crippen LogP contribution is 2.51. The lowest BCUT2D eigenvalue weighted by molar-refractivity contribution is -0.132. The van der Waals surface area contributed by atoms with Crippen LogP contribution in [0.1, 0.15) is 101 Å². The van der Waals surface area contributed by atoms with Crippen LogP contribution in [0.5, 0.6) is 12.0 Å². The van der Waals surface area contributed by atoms with Crippen molar-refractivity contribution in [1.29, 1.82) is 0 Å². The van der Waals surface area contributed by atoms with Crippen molar-refractivity contribution in [3.8, 4) is 34.5 Å². The Morgan fingerprint density at radius 3 is 1.93 bits per heavy atom. The molecule has 87 heavy (non-hydrogen) atoms. The van der Waals surface area contributed by atoms with Gasteiger partial charge in [0.15, 0.2) is 11.6 Å². The predicted octanol–water partition coefficient (Wildman–Crippen LogP) is 9.99. The molecule has 7 aliphatic heterocycles. The maximum absolute atomic E-state index is 17.9. The lowest BCUT2D eigenvalue weighted by Crippen LogP contribution is -2.65. The van der Waals surface area contributed by atoms with Crippen molar-refractivity contribution in [1.82, 2.24) is 55.7 Å². The van der Waals surface area contributed by atoms with Crippen LogP contribution < -0.4 is 35.2 Å². The number of benzene rings is 4. The van der Waals surface area contributed by atoms with Crippen molar-refractivity contribution in [2.24, 2.45) is 0 Å². The molecule has 4 amide bonds. The summed E-state index contributed by atoms with van der Waals surface area (Å²) in [5.41, 5.74) is -0.0664. The number of pyridine rings is 2. The molecule has 11 heterocycles. The minimum absolute atomic E-state index is 0.0177. The van der Waals surface area contributed by atoms with Gasteiger partial charge in [-0.3, -0.25) is 34.7 Å². The number of nitrogens with one attached hydrogen (secondary N) is 3. The average molecular weight is 1180 g/mol. The summed E-state index contributed by atoms with van der Waals surface area (Å²) in [4.78, 5) is 75.5. The van der Waals surface area contributed by atoms with Gasteiger partial charge in [-0.1, -0.05) is 54.6 Å². The first-order valence-electron chi connectivity index (χ1n) is 30.6. The first kappa shape index (κ1) is 55.2. The summed E-state index contributed by atoms with van der Waals surface area (Å²) < 4.78 is 81.0. The number of imide groups is 1. The van der Waals surface area contributed by atoms with Crippen LogP contribution >= 0.6 is 0 Å². The van der Waals surface area contributed by atoms with Gasteiger partial charge in [0.05, 0.1) is 40.4 Å². The molecule has 0 saturated carbocycles. The summed E-state index contributed by atoms with van der Waals surface area (Å²) in [6.07, 6.45) is 14.1. The molecule has 448 valence electrons. The highest BCUT2D eigenvalue weighted by molar-refractivity contribution is 6.03. The molecule has 4 aromatic carbocycles. The summed E-state index contributed by atoms with van der Waals surface area (Å²) >= 11 is 0. The molecule has 4 aromatic heterocycles. The van der Waals surface area contributed by atoms with Gasteiger partial charge in [-0.05, 0) is 132 Å². The highest BCUT2D eigenvalue weighted by atomic mass is 19.1. The molecule has 7 saturated heterocycles. The number of hydrogen-bond donors (Lipinski definition) is 3. The molecule has 1 spiro atoms.